The van der Waals surface area contributed by atoms with Gasteiger partial charge in [0.2, 0.25) is 0 Å². The molecule has 0 saturated carbocycles. The standard InChI is InChI=1S/C25H47NO7/c1-6-9-11-13-15-17-22(27)32-25(33-23(28)18-16-14-12-10-7-2)31-21(8-3)20-30-24(29)19-26(4)5/h21,25H,6-20H2,1-5H3/t21-/m0/s1. The average molecular weight is 474 g/mol. The fraction of sp³-hybridized carbons (Fsp3) is 0.880. The molecule has 0 N–H and O–H groups in total. The van der Waals surface area contributed by atoms with Crippen molar-refractivity contribution in [2.45, 2.75) is 117 Å². The third kappa shape index (κ3) is 19.5. The number of likely N-dealkylation sites (N-methyl/N-ethyl adjacent to an activating group) is 1. The largest absolute Gasteiger partial charge is 0.462 e. The van der Waals surface area contributed by atoms with E-state index in [2.05, 4.69) is 13.8 Å². The molecule has 0 aliphatic heterocycles. The van der Waals surface area contributed by atoms with Crippen LogP contribution in [0.3, 0.4) is 0 Å². The third-order valence-electron chi connectivity index (χ3n) is 5.06. The molecule has 0 unspecified atom stereocenters. The van der Waals surface area contributed by atoms with E-state index in [-0.39, 0.29) is 32.0 Å². The van der Waals surface area contributed by atoms with E-state index in [4.69, 9.17) is 18.9 Å². The summed E-state index contributed by atoms with van der Waals surface area (Å²) in [7, 11) is 3.54. The minimum atomic E-state index is -1.44. The van der Waals surface area contributed by atoms with Gasteiger partial charge in [0.05, 0.1) is 12.6 Å². The van der Waals surface area contributed by atoms with Gasteiger partial charge in [-0.15, -0.1) is 0 Å². The number of rotatable bonds is 21. The summed E-state index contributed by atoms with van der Waals surface area (Å²) in [5, 5.41) is 0. The number of nitrogens with zero attached hydrogens (tertiary/aromatic N) is 1. The van der Waals surface area contributed by atoms with E-state index < -0.39 is 24.5 Å². The Morgan fingerprint density at radius 1 is 0.697 bits per heavy atom. The molecule has 0 aliphatic carbocycles. The number of ether oxygens (including phenoxy) is 4. The number of hydrogen-bond acceptors (Lipinski definition) is 8. The highest BCUT2D eigenvalue weighted by molar-refractivity contribution is 5.72. The molecule has 0 bridgehead atoms. The Bertz CT molecular complexity index is 497. The molecule has 0 radical (unpaired) electrons. The first-order valence-electron chi connectivity index (χ1n) is 12.7. The van der Waals surface area contributed by atoms with E-state index in [0.29, 0.717) is 6.42 Å². The molecule has 0 fully saturated rings. The summed E-state index contributed by atoms with van der Waals surface area (Å²) in [5.74, 6) is -1.31. The molecule has 0 aromatic carbocycles. The topological polar surface area (TPSA) is 91.4 Å². The van der Waals surface area contributed by atoms with Crippen LogP contribution in [0.1, 0.15) is 104 Å². The van der Waals surface area contributed by atoms with Gasteiger partial charge in [0.1, 0.15) is 6.61 Å². The van der Waals surface area contributed by atoms with Gasteiger partial charge in [-0.2, -0.15) is 0 Å². The minimum Gasteiger partial charge on any atom is -0.462 e. The van der Waals surface area contributed by atoms with E-state index in [9.17, 15) is 14.4 Å². The van der Waals surface area contributed by atoms with E-state index in [1.165, 1.54) is 0 Å². The summed E-state index contributed by atoms with van der Waals surface area (Å²) in [5.41, 5.74) is 0. The van der Waals surface area contributed by atoms with Gasteiger partial charge in [0, 0.05) is 12.8 Å². The van der Waals surface area contributed by atoms with Gasteiger partial charge in [-0.3, -0.25) is 19.3 Å². The molecule has 0 rings (SSSR count). The van der Waals surface area contributed by atoms with E-state index >= 15 is 0 Å². The van der Waals surface area contributed by atoms with Gasteiger partial charge in [-0.05, 0) is 33.4 Å². The predicted molar refractivity (Wildman–Crippen MR) is 127 cm³/mol. The summed E-state index contributed by atoms with van der Waals surface area (Å²) in [6, 6.07) is 0. The monoisotopic (exact) mass is 473 g/mol. The van der Waals surface area contributed by atoms with Crippen LogP contribution in [0.5, 0.6) is 0 Å². The van der Waals surface area contributed by atoms with Crippen LogP contribution in [-0.4, -0.2) is 62.6 Å². The van der Waals surface area contributed by atoms with Crippen LogP contribution in [0.25, 0.3) is 0 Å². The lowest BCUT2D eigenvalue weighted by atomic mass is 10.1. The Morgan fingerprint density at radius 3 is 1.61 bits per heavy atom. The lowest BCUT2D eigenvalue weighted by Gasteiger charge is -2.23. The first-order chi connectivity index (χ1) is 15.8. The summed E-state index contributed by atoms with van der Waals surface area (Å²) in [6.45, 7) is 4.83. The molecule has 0 saturated heterocycles. The molecule has 8 heteroatoms. The van der Waals surface area contributed by atoms with Crippen molar-refractivity contribution in [3.05, 3.63) is 0 Å². The number of hydrogen-bond donors (Lipinski definition) is 0. The quantitative estimate of drug-likeness (QED) is 0.131. The highest BCUT2D eigenvalue weighted by Crippen LogP contribution is 2.13. The Morgan fingerprint density at radius 2 is 1.18 bits per heavy atom. The molecule has 0 amide bonds. The van der Waals surface area contributed by atoms with Crippen molar-refractivity contribution in [3.63, 3.8) is 0 Å². The van der Waals surface area contributed by atoms with Crippen LogP contribution in [-0.2, 0) is 33.3 Å². The molecular weight excluding hydrogens is 426 g/mol. The van der Waals surface area contributed by atoms with Crippen molar-refractivity contribution in [3.8, 4) is 0 Å². The summed E-state index contributed by atoms with van der Waals surface area (Å²) >= 11 is 0. The molecule has 0 spiro atoms. The van der Waals surface area contributed by atoms with Gasteiger partial charge < -0.3 is 18.9 Å². The lowest BCUT2D eigenvalue weighted by molar-refractivity contribution is -0.284. The molecule has 194 valence electrons. The SMILES string of the molecule is CCCCCCCC(=O)OC(OC(=O)CCCCCCC)O[C@@H](CC)COC(=O)CN(C)C. The zero-order valence-electron chi connectivity index (χ0n) is 21.6. The van der Waals surface area contributed by atoms with Crippen molar-refractivity contribution in [1.29, 1.82) is 0 Å². The Balaban J connectivity index is 4.73. The molecule has 0 aromatic heterocycles. The Kier molecular flexibility index (Phi) is 19.8. The van der Waals surface area contributed by atoms with Crippen LogP contribution in [0.2, 0.25) is 0 Å². The zero-order valence-corrected chi connectivity index (χ0v) is 21.6. The second-order valence-electron chi connectivity index (χ2n) is 8.68. The van der Waals surface area contributed by atoms with E-state index in [0.717, 1.165) is 64.2 Å². The Labute approximate surface area is 200 Å². The van der Waals surface area contributed by atoms with Crippen LogP contribution < -0.4 is 0 Å². The number of esters is 3. The molecular formula is C25H47NO7. The third-order valence-corrected chi connectivity index (χ3v) is 5.06. The predicted octanol–water partition coefficient (Wildman–Crippen LogP) is 4.98. The number of carbonyl (C=O) groups is 3. The molecule has 0 aromatic rings. The van der Waals surface area contributed by atoms with Crippen molar-refractivity contribution < 1.29 is 33.3 Å². The first-order valence-corrected chi connectivity index (χ1v) is 12.7. The maximum atomic E-state index is 12.3. The molecule has 0 aliphatic rings. The highest BCUT2D eigenvalue weighted by Gasteiger charge is 2.24. The van der Waals surface area contributed by atoms with Gasteiger partial charge in [-0.1, -0.05) is 72.1 Å². The maximum Gasteiger partial charge on any atom is 0.365 e. The highest BCUT2D eigenvalue weighted by atomic mass is 16.9. The first kappa shape index (κ1) is 31.3. The van der Waals surface area contributed by atoms with Crippen molar-refractivity contribution in [2.24, 2.45) is 0 Å². The smallest absolute Gasteiger partial charge is 0.365 e. The zero-order chi connectivity index (χ0) is 24.9. The van der Waals surface area contributed by atoms with Crippen LogP contribution in [0.4, 0.5) is 0 Å². The fourth-order valence-corrected chi connectivity index (χ4v) is 3.06. The summed E-state index contributed by atoms with van der Waals surface area (Å²) in [4.78, 5) is 38.1. The Hall–Kier alpha value is -1.67. The minimum absolute atomic E-state index is 0.0111. The molecule has 8 nitrogen and oxygen atoms in total. The van der Waals surface area contributed by atoms with Gasteiger partial charge in [0.25, 0.3) is 0 Å². The van der Waals surface area contributed by atoms with E-state index in [1.807, 2.05) is 6.92 Å². The fourth-order valence-electron chi connectivity index (χ4n) is 3.06. The van der Waals surface area contributed by atoms with Crippen molar-refractivity contribution >= 4 is 17.9 Å². The average Bonchev–Trinajstić information content (AvgIpc) is 2.75. The molecule has 33 heavy (non-hydrogen) atoms. The molecule has 0 heterocycles. The van der Waals surface area contributed by atoms with Gasteiger partial charge >= 0.3 is 24.4 Å². The van der Waals surface area contributed by atoms with Crippen LogP contribution in [0, 0.1) is 0 Å². The normalized spacial score (nSPS) is 12.1. The second-order valence-corrected chi connectivity index (χ2v) is 8.68. The van der Waals surface area contributed by atoms with Crippen molar-refractivity contribution in [1.82, 2.24) is 4.90 Å². The number of unbranched alkanes of at least 4 members (excludes halogenated alkanes) is 8. The maximum absolute atomic E-state index is 12.3. The van der Waals surface area contributed by atoms with Crippen LogP contribution in [0.15, 0.2) is 0 Å². The second kappa shape index (κ2) is 20.9. The molecule has 1 atom stereocenters. The lowest BCUT2D eigenvalue weighted by Crippen LogP contribution is -2.34. The van der Waals surface area contributed by atoms with E-state index in [1.54, 1.807) is 19.0 Å². The number of carbonyl (C=O) groups excluding carboxylic acids is 3. The van der Waals surface area contributed by atoms with Crippen LogP contribution >= 0.6 is 0 Å². The summed E-state index contributed by atoms with van der Waals surface area (Å²) in [6.07, 6.45) is 10.5. The van der Waals surface area contributed by atoms with Crippen molar-refractivity contribution in [2.75, 3.05) is 27.2 Å². The summed E-state index contributed by atoms with van der Waals surface area (Å²) < 4.78 is 21.6. The van der Waals surface area contributed by atoms with Gasteiger partial charge in [-0.25, -0.2) is 0 Å². The van der Waals surface area contributed by atoms with Gasteiger partial charge in [0.15, 0.2) is 0 Å².